The molecule has 194 valence electrons. The Morgan fingerprint density at radius 3 is 2.22 bits per heavy atom. The van der Waals surface area contributed by atoms with Gasteiger partial charge in [-0.1, -0.05) is 52.0 Å². The molecule has 0 aliphatic rings. The van der Waals surface area contributed by atoms with Crippen LogP contribution in [0.5, 0.6) is 5.75 Å². The highest BCUT2D eigenvalue weighted by Crippen LogP contribution is 2.38. The van der Waals surface area contributed by atoms with Crippen molar-refractivity contribution in [2.45, 2.75) is 53.9 Å². The van der Waals surface area contributed by atoms with Crippen molar-refractivity contribution in [1.29, 1.82) is 0 Å². The summed E-state index contributed by atoms with van der Waals surface area (Å²) in [5.74, 6) is 1.37. The van der Waals surface area contributed by atoms with Crippen molar-refractivity contribution < 1.29 is 9.53 Å². The van der Waals surface area contributed by atoms with Gasteiger partial charge in [-0.2, -0.15) is 0 Å². The van der Waals surface area contributed by atoms with Gasteiger partial charge in [-0.15, -0.1) is 0 Å². The normalized spacial score (nSPS) is 14.3. The number of carbonyl (C=O) groups is 1. The third-order valence-corrected chi connectivity index (χ3v) is 5.99. The highest BCUT2D eigenvalue weighted by atomic mass is 16.5. The van der Waals surface area contributed by atoms with E-state index in [-0.39, 0.29) is 29.4 Å². The number of pyridine rings is 1. The van der Waals surface area contributed by atoms with Gasteiger partial charge in [0.25, 0.3) is 0 Å². The zero-order valence-corrected chi connectivity index (χ0v) is 22.9. The lowest BCUT2D eigenvalue weighted by atomic mass is 9.70. The molecule has 0 aliphatic heterocycles. The van der Waals surface area contributed by atoms with Crippen LogP contribution in [0.4, 0.5) is 0 Å². The van der Waals surface area contributed by atoms with Crippen molar-refractivity contribution >= 4 is 23.5 Å². The number of aliphatic imine (C=N–C) groups is 2. The second kappa shape index (κ2) is 14.6. The first-order valence-corrected chi connectivity index (χ1v) is 12.2. The van der Waals surface area contributed by atoms with E-state index in [9.17, 15) is 4.79 Å². The summed E-state index contributed by atoms with van der Waals surface area (Å²) in [5, 5.41) is 0. The number of carbonyl (C=O) groups excluding carboxylic acids is 1. The number of nitrogens with two attached hydrogens (primary N) is 2. The summed E-state index contributed by atoms with van der Waals surface area (Å²) in [5.41, 5.74) is 15.1. The van der Waals surface area contributed by atoms with Crippen LogP contribution < -0.4 is 16.2 Å². The fraction of sp³-hybridized carbons (Fsp3) is 0.379. The molecule has 0 fully saturated rings. The van der Waals surface area contributed by atoms with Crippen LogP contribution in [0.25, 0.3) is 5.70 Å². The van der Waals surface area contributed by atoms with Crippen LogP contribution in [0.3, 0.4) is 0 Å². The fourth-order valence-electron chi connectivity index (χ4n) is 3.41. The van der Waals surface area contributed by atoms with E-state index in [1.807, 2.05) is 45.0 Å². The Morgan fingerprint density at radius 1 is 1.11 bits per heavy atom. The van der Waals surface area contributed by atoms with Gasteiger partial charge in [-0.25, -0.2) is 4.99 Å². The lowest BCUT2D eigenvalue weighted by molar-refractivity contribution is -0.113. The monoisotopic (exact) mass is 491 g/mol. The maximum atomic E-state index is 11.3. The summed E-state index contributed by atoms with van der Waals surface area (Å²) in [6.07, 6.45) is 6.60. The second-order valence-electron chi connectivity index (χ2n) is 8.43. The number of hydrogen-bond donors (Lipinski definition) is 2. The molecule has 4 N–H and O–H groups in total. The summed E-state index contributed by atoms with van der Waals surface area (Å²) in [6.45, 7) is 14.1. The van der Waals surface area contributed by atoms with E-state index in [1.54, 1.807) is 25.5 Å². The summed E-state index contributed by atoms with van der Waals surface area (Å²) in [4.78, 5) is 24.3. The van der Waals surface area contributed by atoms with Crippen LogP contribution in [0.15, 0.2) is 70.4 Å². The summed E-state index contributed by atoms with van der Waals surface area (Å²) in [7, 11) is 1.69. The van der Waals surface area contributed by atoms with Gasteiger partial charge < -0.3 is 16.2 Å². The molecule has 0 aliphatic carbocycles. The molecule has 0 saturated heterocycles. The molecule has 0 spiro atoms. The number of allylic oxidation sites excluding steroid dienone is 3. The van der Waals surface area contributed by atoms with E-state index in [4.69, 9.17) is 21.2 Å². The zero-order valence-electron chi connectivity index (χ0n) is 22.9. The number of aromatic nitrogens is 1. The van der Waals surface area contributed by atoms with Gasteiger partial charge >= 0.3 is 0 Å². The molecule has 1 unspecified atom stereocenters. The van der Waals surface area contributed by atoms with Crippen LogP contribution >= 0.6 is 0 Å². The Bertz CT molecular complexity index is 1100. The number of hydrogen-bond acceptors (Lipinski definition) is 6. The maximum Gasteiger partial charge on any atom is 0.175 e. The molecule has 1 aromatic carbocycles. The van der Waals surface area contributed by atoms with E-state index in [0.717, 1.165) is 16.8 Å². The van der Waals surface area contributed by atoms with Crippen molar-refractivity contribution in [3.8, 4) is 5.75 Å². The Balaban J connectivity index is 0.00000316. The number of rotatable bonds is 9. The minimum absolute atomic E-state index is 0.168. The van der Waals surface area contributed by atoms with Gasteiger partial charge in [0.1, 0.15) is 12.4 Å². The first-order valence-electron chi connectivity index (χ1n) is 12.2. The van der Waals surface area contributed by atoms with Crippen molar-refractivity contribution in [2.24, 2.45) is 27.4 Å². The van der Waals surface area contributed by atoms with Crippen LogP contribution in [-0.2, 0) is 10.2 Å². The van der Waals surface area contributed by atoms with E-state index in [1.165, 1.54) is 13.0 Å². The van der Waals surface area contributed by atoms with Gasteiger partial charge in [0.15, 0.2) is 11.6 Å². The predicted molar refractivity (Wildman–Crippen MR) is 151 cm³/mol. The lowest BCUT2D eigenvalue weighted by Crippen LogP contribution is -2.31. The fourth-order valence-corrected chi connectivity index (χ4v) is 3.41. The van der Waals surface area contributed by atoms with Gasteiger partial charge in [-0.3, -0.25) is 14.8 Å². The molecule has 2 rings (SSSR count). The number of amidine groups is 1. The Kier molecular flexibility index (Phi) is 12.3. The highest BCUT2D eigenvalue weighted by molar-refractivity contribution is 5.92. The molecule has 1 aromatic heterocycles. The summed E-state index contributed by atoms with van der Waals surface area (Å²) >= 11 is 0. The van der Waals surface area contributed by atoms with Crippen LogP contribution in [-0.4, -0.2) is 36.5 Å². The molecule has 0 saturated carbocycles. The molecule has 1 heterocycles. The van der Waals surface area contributed by atoms with E-state index in [0.29, 0.717) is 17.3 Å². The molecule has 0 radical (unpaired) electrons. The SMILES string of the molecule is CC.CC=NC(COc1ccc(C(C)(c2ccc(/C(N)=C/C=C(\N)C(C)=O)cc2)C(C)C)nc1)=NC. The van der Waals surface area contributed by atoms with Gasteiger partial charge in [0.05, 0.1) is 17.6 Å². The van der Waals surface area contributed by atoms with Crippen LogP contribution in [0.2, 0.25) is 0 Å². The smallest absolute Gasteiger partial charge is 0.175 e. The summed E-state index contributed by atoms with van der Waals surface area (Å²) in [6, 6.07) is 12.0. The number of benzene rings is 1. The molecular formula is C29H41N5O2. The zero-order chi connectivity index (χ0) is 27.3. The van der Waals surface area contributed by atoms with Crippen molar-refractivity contribution in [3.63, 3.8) is 0 Å². The third kappa shape index (κ3) is 7.90. The second-order valence-corrected chi connectivity index (χ2v) is 8.43. The topological polar surface area (TPSA) is 116 Å². The Hall–Kier alpha value is -3.74. The number of ketones is 1. The minimum atomic E-state index is -0.322. The lowest BCUT2D eigenvalue weighted by Gasteiger charge is -2.34. The highest BCUT2D eigenvalue weighted by Gasteiger charge is 2.34. The van der Waals surface area contributed by atoms with Crippen molar-refractivity contribution in [3.05, 3.63) is 77.3 Å². The molecule has 7 heteroatoms. The van der Waals surface area contributed by atoms with Gasteiger partial charge in [0, 0.05) is 31.3 Å². The standard InChI is InChI=1S/C27H35N5O2.C2H6/c1-7-31-26(30-6)17-34-22-12-15-25(32-16-22)27(5,18(2)3)21-10-8-20(9-11-21)24(29)14-13-23(28)19(4)33;1-2/h7-16,18H,17,28-29H2,1-6H3;1-2H3/b23-13-,24-14-,30-26?,31-7?;. The average molecular weight is 492 g/mol. The summed E-state index contributed by atoms with van der Waals surface area (Å²) < 4.78 is 5.78. The molecule has 1 atom stereocenters. The Labute approximate surface area is 216 Å². The number of nitrogens with zero attached hydrogens (tertiary/aromatic N) is 3. The largest absolute Gasteiger partial charge is 0.484 e. The van der Waals surface area contributed by atoms with E-state index >= 15 is 0 Å². The third-order valence-electron chi connectivity index (χ3n) is 5.99. The molecule has 0 amide bonds. The molecule has 0 bridgehead atoms. The van der Waals surface area contributed by atoms with Crippen LogP contribution in [0, 0.1) is 5.92 Å². The average Bonchev–Trinajstić information content (AvgIpc) is 2.90. The van der Waals surface area contributed by atoms with Crippen molar-refractivity contribution in [2.75, 3.05) is 13.7 Å². The first-order chi connectivity index (χ1) is 17.1. The predicted octanol–water partition coefficient (Wildman–Crippen LogP) is 5.30. The maximum absolute atomic E-state index is 11.3. The van der Waals surface area contributed by atoms with Crippen molar-refractivity contribution in [1.82, 2.24) is 4.98 Å². The molecular weight excluding hydrogens is 450 g/mol. The Morgan fingerprint density at radius 2 is 1.75 bits per heavy atom. The molecule has 7 nitrogen and oxygen atoms in total. The number of ether oxygens (including phenoxy) is 1. The molecule has 36 heavy (non-hydrogen) atoms. The van der Waals surface area contributed by atoms with E-state index in [2.05, 4.69) is 42.9 Å². The van der Waals surface area contributed by atoms with E-state index < -0.39 is 0 Å². The van der Waals surface area contributed by atoms with Gasteiger partial charge in [-0.05, 0) is 55.2 Å². The molecule has 2 aromatic rings. The first kappa shape index (κ1) is 30.3. The van der Waals surface area contributed by atoms with Gasteiger partial charge in [0.2, 0.25) is 0 Å². The quantitative estimate of drug-likeness (QED) is 0.214. The minimum Gasteiger partial charge on any atom is -0.484 e. The van der Waals surface area contributed by atoms with Crippen LogP contribution in [0.1, 0.15) is 65.3 Å². The number of Topliss-reactive ketones (excluding diaryl/α,β-unsaturated/α-hetero) is 1.